The minimum atomic E-state index is -1.18. The van der Waals surface area contributed by atoms with Gasteiger partial charge in [-0.05, 0) is 32.4 Å². The zero-order valence-corrected chi connectivity index (χ0v) is 20.1. The van der Waals surface area contributed by atoms with Gasteiger partial charge in [0.2, 0.25) is 11.8 Å². The van der Waals surface area contributed by atoms with Crippen molar-refractivity contribution in [3.8, 4) is 0 Å². The normalized spacial score (nSPS) is 22.3. The monoisotopic (exact) mass is 500 g/mol. The van der Waals surface area contributed by atoms with Crippen molar-refractivity contribution in [2.75, 3.05) is 33.0 Å². The van der Waals surface area contributed by atoms with Crippen LogP contribution < -0.4 is 5.32 Å². The number of benzene rings is 1. The van der Waals surface area contributed by atoms with Gasteiger partial charge in [-0.1, -0.05) is 12.1 Å². The van der Waals surface area contributed by atoms with Crippen molar-refractivity contribution in [1.29, 1.82) is 0 Å². The number of carbonyl (C=O) groups excluding carboxylic acids is 6. The highest BCUT2D eigenvalue weighted by Gasteiger charge is 2.47. The number of hydrogen-bond donors (Lipinski definition) is 1. The second kappa shape index (κ2) is 10.5. The molecule has 3 atom stereocenters. The second-order valence-corrected chi connectivity index (χ2v) is 8.89. The first-order valence-electron chi connectivity index (χ1n) is 11.8. The Hall–Kier alpha value is -3.64. The van der Waals surface area contributed by atoms with Gasteiger partial charge >= 0.3 is 5.97 Å². The van der Waals surface area contributed by atoms with Crippen LogP contribution in [0.4, 0.5) is 0 Å². The van der Waals surface area contributed by atoms with E-state index in [4.69, 9.17) is 9.47 Å². The van der Waals surface area contributed by atoms with Crippen LogP contribution in [0.3, 0.4) is 0 Å². The molecule has 0 aromatic heterocycles. The zero-order chi connectivity index (χ0) is 26.0. The number of imide groups is 2. The Morgan fingerprint density at radius 2 is 1.67 bits per heavy atom. The van der Waals surface area contributed by atoms with Crippen LogP contribution in [0.15, 0.2) is 24.3 Å². The Balaban J connectivity index is 1.34. The highest BCUT2D eigenvalue weighted by Crippen LogP contribution is 2.29. The molecule has 12 heteroatoms. The minimum absolute atomic E-state index is 0.0144. The number of nitrogens with one attached hydrogen (secondary N) is 1. The van der Waals surface area contributed by atoms with E-state index in [0.29, 0.717) is 26.3 Å². The lowest BCUT2D eigenvalue weighted by Crippen LogP contribution is -2.57. The summed E-state index contributed by atoms with van der Waals surface area (Å²) in [5, 5.41) is 2.58. The fourth-order valence-corrected chi connectivity index (χ4v) is 4.46. The Labute approximate surface area is 207 Å². The first kappa shape index (κ1) is 25.5. The largest absolute Gasteiger partial charge is 0.442 e. The summed E-state index contributed by atoms with van der Waals surface area (Å²) in [6.07, 6.45) is -0.121. The molecular weight excluding hydrogens is 472 g/mol. The summed E-state index contributed by atoms with van der Waals surface area (Å²) < 4.78 is 10.4. The summed E-state index contributed by atoms with van der Waals surface area (Å²) in [5.41, 5.74) is 0.391. The van der Waals surface area contributed by atoms with E-state index in [2.05, 4.69) is 5.32 Å². The maximum atomic E-state index is 13.1. The highest BCUT2D eigenvalue weighted by atomic mass is 16.5. The molecule has 0 aliphatic carbocycles. The van der Waals surface area contributed by atoms with Crippen molar-refractivity contribution in [3.05, 3.63) is 35.4 Å². The van der Waals surface area contributed by atoms with Gasteiger partial charge in [0.25, 0.3) is 17.7 Å². The van der Waals surface area contributed by atoms with E-state index in [1.54, 1.807) is 19.1 Å². The quantitative estimate of drug-likeness (QED) is 0.388. The SMILES string of the molecule is CC(C(=O)N[C@@H](C)C(=O)OCN1C(=O)CC[C@H](N2C(=O)c3ccccc3C2=O)C1=O)N1CCOCC1. The van der Waals surface area contributed by atoms with Crippen molar-refractivity contribution < 1.29 is 38.2 Å². The second-order valence-electron chi connectivity index (χ2n) is 8.89. The van der Waals surface area contributed by atoms with E-state index in [0.717, 1.165) is 9.80 Å². The fourth-order valence-electron chi connectivity index (χ4n) is 4.46. The Bertz CT molecular complexity index is 1060. The van der Waals surface area contributed by atoms with Gasteiger partial charge in [-0.2, -0.15) is 0 Å². The fraction of sp³-hybridized carbons (Fsp3) is 0.500. The molecule has 3 aliphatic rings. The summed E-state index contributed by atoms with van der Waals surface area (Å²) in [4.78, 5) is 79.6. The van der Waals surface area contributed by atoms with Gasteiger partial charge in [0.1, 0.15) is 12.1 Å². The number of likely N-dealkylation sites (tertiary alicyclic amines) is 1. The van der Waals surface area contributed by atoms with Crippen LogP contribution in [-0.2, 0) is 28.7 Å². The third-order valence-electron chi connectivity index (χ3n) is 6.64. The molecule has 12 nitrogen and oxygen atoms in total. The van der Waals surface area contributed by atoms with Crippen molar-refractivity contribution in [2.24, 2.45) is 0 Å². The lowest BCUT2D eigenvalue weighted by atomic mass is 10.0. The third kappa shape index (κ3) is 4.86. The van der Waals surface area contributed by atoms with Gasteiger partial charge in [-0.3, -0.25) is 33.8 Å². The predicted octanol–water partition coefficient (Wildman–Crippen LogP) is -0.474. The van der Waals surface area contributed by atoms with Gasteiger partial charge in [-0.25, -0.2) is 9.69 Å². The van der Waals surface area contributed by atoms with Crippen molar-refractivity contribution in [2.45, 2.75) is 44.8 Å². The number of hydrogen-bond acceptors (Lipinski definition) is 9. The van der Waals surface area contributed by atoms with Crippen LogP contribution in [0.2, 0.25) is 0 Å². The average molecular weight is 501 g/mol. The zero-order valence-electron chi connectivity index (χ0n) is 20.1. The number of nitrogens with zero attached hydrogens (tertiary/aromatic N) is 3. The average Bonchev–Trinajstić information content (AvgIpc) is 3.13. The molecule has 1 aromatic carbocycles. The number of morpholine rings is 1. The summed E-state index contributed by atoms with van der Waals surface area (Å²) in [7, 11) is 0. The van der Waals surface area contributed by atoms with E-state index in [-0.39, 0.29) is 29.9 Å². The third-order valence-corrected chi connectivity index (χ3v) is 6.64. The first-order chi connectivity index (χ1) is 17.2. The van der Waals surface area contributed by atoms with E-state index in [1.807, 2.05) is 4.90 Å². The molecule has 2 fully saturated rings. The Morgan fingerprint density at radius 1 is 1.06 bits per heavy atom. The van der Waals surface area contributed by atoms with Crippen LogP contribution in [-0.4, -0.2) is 101 Å². The molecule has 0 saturated carbocycles. The molecule has 0 spiro atoms. The van der Waals surface area contributed by atoms with Crippen LogP contribution in [0.1, 0.15) is 47.4 Å². The number of esters is 1. The number of rotatable bonds is 7. The van der Waals surface area contributed by atoms with Crippen LogP contribution in [0, 0.1) is 0 Å². The van der Waals surface area contributed by atoms with E-state index >= 15 is 0 Å². The number of ether oxygens (including phenoxy) is 2. The Kier molecular flexibility index (Phi) is 7.45. The van der Waals surface area contributed by atoms with Crippen molar-refractivity contribution in [3.63, 3.8) is 0 Å². The molecule has 3 heterocycles. The van der Waals surface area contributed by atoms with Crippen LogP contribution in [0.5, 0.6) is 0 Å². The maximum Gasteiger partial charge on any atom is 0.330 e. The number of piperidine rings is 1. The van der Waals surface area contributed by atoms with Gasteiger partial charge < -0.3 is 14.8 Å². The van der Waals surface area contributed by atoms with Crippen LogP contribution in [0.25, 0.3) is 0 Å². The standard InChI is InChI=1S/C24H28N4O8/c1-14(25-20(30)15(2)26-9-11-35-12-10-26)24(34)36-13-27-19(29)8-7-18(23(27)33)28-21(31)16-5-3-4-6-17(16)22(28)32/h3-6,14-15,18H,7-13H2,1-2H3,(H,25,30)/t14-,15?,18-/m0/s1. The van der Waals surface area contributed by atoms with E-state index in [9.17, 15) is 28.8 Å². The molecule has 192 valence electrons. The molecule has 1 aromatic rings. The van der Waals surface area contributed by atoms with E-state index < -0.39 is 54.5 Å². The van der Waals surface area contributed by atoms with Crippen molar-refractivity contribution in [1.82, 2.24) is 20.0 Å². The molecule has 36 heavy (non-hydrogen) atoms. The molecule has 3 aliphatic heterocycles. The number of fused-ring (bicyclic) bond motifs is 1. The van der Waals surface area contributed by atoms with Crippen molar-refractivity contribution >= 4 is 35.5 Å². The molecule has 0 radical (unpaired) electrons. The van der Waals surface area contributed by atoms with Gasteiger partial charge in [0.05, 0.1) is 30.4 Å². The summed E-state index contributed by atoms with van der Waals surface area (Å²) in [6.45, 7) is 4.72. The molecule has 2 saturated heterocycles. The maximum absolute atomic E-state index is 13.1. The predicted molar refractivity (Wildman–Crippen MR) is 122 cm³/mol. The highest BCUT2D eigenvalue weighted by molar-refractivity contribution is 6.23. The molecular formula is C24H28N4O8. The molecule has 1 N–H and O–H groups in total. The molecule has 4 rings (SSSR count). The van der Waals surface area contributed by atoms with E-state index in [1.165, 1.54) is 19.1 Å². The Morgan fingerprint density at radius 3 is 2.28 bits per heavy atom. The number of carbonyl (C=O) groups is 6. The first-order valence-corrected chi connectivity index (χ1v) is 11.8. The summed E-state index contributed by atoms with van der Waals surface area (Å²) in [6, 6.07) is 3.56. The summed E-state index contributed by atoms with van der Waals surface area (Å²) >= 11 is 0. The lowest BCUT2D eigenvalue weighted by molar-refractivity contribution is -0.165. The summed E-state index contributed by atoms with van der Waals surface area (Å²) in [5.74, 6) is -3.79. The minimum Gasteiger partial charge on any atom is -0.442 e. The van der Waals surface area contributed by atoms with Crippen LogP contribution >= 0.6 is 0 Å². The topological polar surface area (TPSA) is 143 Å². The molecule has 1 unspecified atom stereocenters. The lowest BCUT2D eigenvalue weighted by Gasteiger charge is -2.34. The molecule has 5 amide bonds. The number of amides is 5. The smallest absolute Gasteiger partial charge is 0.330 e. The van der Waals surface area contributed by atoms with Gasteiger partial charge in [0, 0.05) is 19.5 Å². The molecule has 0 bridgehead atoms. The van der Waals surface area contributed by atoms with Gasteiger partial charge in [-0.15, -0.1) is 0 Å². The van der Waals surface area contributed by atoms with Gasteiger partial charge in [0.15, 0.2) is 6.73 Å².